The molecule has 1 aliphatic carbocycles. The quantitative estimate of drug-likeness (QED) is 0.580. The minimum Gasteiger partial charge on any atom is -0.374 e. The van der Waals surface area contributed by atoms with Crippen molar-refractivity contribution in [3.63, 3.8) is 0 Å². The zero-order valence-corrected chi connectivity index (χ0v) is 16.5. The van der Waals surface area contributed by atoms with E-state index < -0.39 is 21.4 Å². The maximum absolute atomic E-state index is 12.8. The van der Waals surface area contributed by atoms with Gasteiger partial charge in [0.25, 0.3) is 0 Å². The van der Waals surface area contributed by atoms with Gasteiger partial charge in [0.05, 0.1) is 11.9 Å². The molecule has 0 saturated heterocycles. The van der Waals surface area contributed by atoms with Gasteiger partial charge in [0, 0.05) is 23.5 Å². The fraction of sp³-hybridized carbons (Fsp3) is 0.389. The Hall–Kier alpha value is -2.69. The lowest BCUT2D eigenvalue weighted by atomic mass is 9.77. The Kier molecular flexibility index (Phi) is 5.28. The van der Waals surface area contributed by atoms with Gasteiger partial charge in [0.2, 0.25) is 5.95 Å². The monoisotopic (exact) mass is 428 g/mol. The first-order chi connectivity index (χ1) is 13.4. The minimum absolute atomic E-state index is 0.00563. The smallest absolute Gasteiger partial charge is 0.374 e. The summed E-state index contributed by atoms with van der Waals surface area (Å²) in [6.07, 6.45) is 7.89. The molecule has 1 aliphatic rings. The summed E-state index contributed by atoms with van der Waals surface area (Å²) in [5.74, 6) is -0.579. The fourth-order valence-corrected chi connectivity index (χ4v) is 3.43. The number of hydrogen-bond acceptors (Lipinski definition) is 7. The van der Waals surface area contributed by atoms with Crippen molar-refractivity contribution in [3.8, 4) is 16.9 Å². The molecule has 0 amide bonds. The molecule has 0 radical (unpaired) electrons. The summed E-state index contributed by atoms with van der Waals surface area (Å²) in [7, 11) is -5.86. The topological polar surface area (TPSA) is 108 Å². The highest BCUT2D eigenvalue weighted by Gasteiger charge is 2.49. The maximum Gasteiger partial charge on any atom is 0.534 e. The van der Waals surface area contributed by atoms with Gasteiger partial charge in [-0.25, -0.2) is 9.97 Å². The van der Waals surface area contributed by atoms with Crippen LogP contribution in [0.25, 0.3) is 16.7 Å². The highest BCUT2D eigenvalue weighted by Crippen LogP contribution is 2.42. The van der Waals surface area contributed by atoms with Gasteiger partial charge in [-0.05, 0) is 36.3 Å². The minimum atomic E-state index is -5.86. The standard InChI is InChI=1S/C18H19F3N4O3S/c1-17(2)6-3-11(4-7-17)15-13(9-24-16(22)25-15)12-5-8-23-10-14(12)28-29(26,27)18(19,20)21/h3,5,8-10H,4,6-7H2,1-2H3,(H2,22,24,25). The lowest BCUT2D eigenvalue weighted by molar-refractivity contribution is -0.0499. The lowest BCUT2D eigenvalue weighted by Gasteiger charge is -2.29. The molecule has 2 N–H and O–H groups in total. The Bertz CT molecular complexity index is 1070. The van der Waals surface area contributed by atoms with Gasteiger partial charge < -0.3 is 9.92 Å². The number of allylic oxidation sites excluding steroid dienone is 2. The van der Waals surface area contributed by atoms with E-state index in [4.69, 9.17) is 5.73 Å². The third-order valence-corrected chi connectivity index (χ3v) is 5.61. The third-order valence-electron chi connectivity index (χ3n) is 4.64. The molecule has 3 rings (SSSR count). The van der Waals surface area contributed by atoms with E-state index in [0.29, 0.717) is 17.7 Å². The molecule has 0 aliphatic heterocycles. The number of rotatable bonds is 4. The van der Waals surface area contributed by atoms with Crippen LogP contribution in [0.4, 0.5) is 19.1 Å². The van der Waals surface area contributed by atoms with Crippen LogP contribution in [0.5, 0.6) is 5.75 Å². The number of hydrogen-bond donors (Lipinski definition) is 1. The highest BCUT2D eigenvalue weighted by atomic mass is 32.2. The number of halogens is 3. The first kappa shape index (κ1) is 21.0. The Balaban J connectivity index is 2.11. The molecule has 29 heavy (non-hydrogen) atoms. The van der Waals surface area contributed by atoms with E-state index >= 15 is 0 Å². The molecular weight excluding hydrogens is 409 g/mol. The molecule has 0 spiro atoms. The van der Waals surface area contributed by atoms with Gasteiger partial charge in [-0.3, -0.25) is 4.98 Å². The largest absolute Gasteiger partial charge is 0.534 e. The molecule has 0 unspecified atom stereocenters. The van der Waals surface area contributed by atoms with Crippen LogP contribution < -0.4 is 9.92 Å². The number of nitrogen functional groups attached to an aromatic ring is 1. The zero-order valence-electron chi connectivity index (χ0n) is 15.7. The molecule has 0 saturated carbocycles. The van der Waals surface area contributed by atoms with Crippen molar-refractivity contribution in [2.24, 2.45) is 5.41 Å². The van der Waals surface area contributed by atoms with Gasteiger partial charge in [0.15, 0.2) is 5.75 Å². The van der Waals surface area contributed by atoms with Crippen molar-refractivity contribution in [1.82, 2.24) is 15.0 Å². The van der Waals surface area contributed by atoms with Crippen molar-refractivity contribution in [3.05, 3.63) is 36.4 Å². The zero-order chi connectivity index (χ0) is 21.4. The van der Waals surface area contributed by atoms with Crippen molar-refractivity contribution in [2.45, 2.75) is 38.6 Å². The van der Waals surface area contributed by atoms with Crippen LogP contribution in [0.1, 0.15) is 38.8 Å². The molecule has 0 atom stereocenters. The average Bonchev–Trinajstić information content (AvgIpc) is 2.61. The van der Waals surface area contributed by atoms with Crippen LogP contribution in [0.2, 0.25) is 0 Å². The van der Waals surface area contributed by atoms with Crippen LogP contribution >= 0.6 is 0 Å². The van der Waals surface area contributed by atoms with Crippen molar-refractivity contribution in [2.75, 3.05) is 5.73 Å². The van der Waals surface area contributed by atoms with Crippen molar-refractivity contribution >= 4 is 21.6 Å². The van der Waals surface area contributed by atoms with Crippen molar-refractivity contribution < 1.29 is 25.8 Å². The summed E-state index contributed by atoms with van der Waals surface area (Å²) in [6.45, 7) is 4.26. The molecule has 2 heterocycles. The first-order valence-corrected chi connectivity index (χ1v) is 10.1. The van der Waals surface area contributed by atoms with Crippen LogP contribution in [-0.4, -0.2) is 28.9 Å². The second kappa shape index (κ2) is 7.29. The third kappa shape index (κ3) is 4.50. The van der Waals surface area contributed by atoms with E-state index in [1.807, 2.05) is 6.08 Å². The molecular formula is C18H19F3N4O3S. The van der Waals surface area contributed by atoms with E-state index in [0.717, 1.165) is 24.6 Å². The van der Waals surface area contributed by atoms with Gasteiger partial charge in [-0.1, -0.05) is 19.9 Å². The van der Waals surface area contributed by atoms with E-state index in [9.17, 15) is 21.6 Å². The van der Waals surface area contributed by atoms with E-state index in [2.05, 4.69) is 33.0 Å². The molecule has 0 aromatic carbocycles. The van der Waals surface area contributed by atoms with E-state index in [-0.39, 0.29) is 16.9 Å². The molecule has 2 aromatic heterocycles. The number of alkyl halides is 3. The van der Waals surface area contributed by atoms with Crippen molar-refractivity contribution in [1.29, 1.82) is 0 Å². The highest BCUT2D eigenvalue weighted by molar-refractivity contribution is 7.88. The number of aromatic nitrogens is 3. The van der Waals surface area contributed by atoms with Gasteiger partial charge in [-0.15, -0.1) is 0 Å². The van der Waals surface area contributed by atoms with E-state index in [1.165, 1.54) is 18.5 Å². The molecule has 2 aromatic rings. The molecule has 7 nitrogen and oxygen atoms in total. The van der Waals surface area contributed by atoms with E-state index in [1.54, 1.807) is 0 Å². The first-order valence-electron chi connectivity index (χ1n) is 8.67. The fourth-order valence-electron chi connectivity index (χ4n) is 2.96. The summed E-state index contributed by atoms with van der Waals surface area (Å²) >= 11 is 0. The maximum atomic E-state index is 12.8. The van der Waals surface area contributed by atoms with Gasteiger partial charge in [0.1, 0.15) is 0 Å². The SMILES string of the molecule is CC1(C)CC=C(c2nc(N)ncc2-c2ccncc2OS(=O)(=O)C(F)(F)F)CC1. The van der Waals surface area contributed by atoms with Crippen LogP contribution in [0.3, 0.4) is 0 Å². The molecule has 0 bridgehead atoms. The second-order valence-corrected chi connectivity index (χ2v) is 8.98. The normalized spacial score (nSPS) is 16.9. The Morgan fingerprint density at radius 2 is 1.93 bits per heavy atom. The summed E-state index contributed by atoms with van der Waals surface area (Å²) in [4.78, 5) is 11.9. The summed E-state index contributed by atoms with van der Waals surface area (Å²) < 4.78 is 65.6. The summed E-state index contributed by atoms with van der Waals surface area (Å²) in [5.41, 5.74) is 1.92. The Morgan fingerprint density at radius 1 is 1.21 bits per heavy atom. The lowest BCUT2D eigenvalue weighted by Crippen LogP contribution is -2.28. The summed E-state index contributed by atoms with van der Waals surface area (Å²) in [5, 5.41) is 0. The number of pyridine rings is 1. The number of anilines is 1. The summed E-state index contributed by atoms with van der Waals surface area (Å²) in [6, 6.07) is 1.34. The van der Waals surface area contributed by atoms with Gasteiger partial charge >= 0.3 is 15.6 Å². The second-order valence-electron chi connectivity index (χ2n) is 7.44. The predicted molar refractivity (Wildman–Crippen MR) is 101 cm³/mol. The number of nitrogens with two attached hydrogens (primary N) is 1. The molecule has 156 valence electrons. The molecule has 11 heteroatoms. The number of nitrogens with zero attached hydrogens (tertiary/aromatic N) is 3. The van der Waals surface area contributed by atoms with Crippen LogP contribution in [-0.2, 0) is 10.1 Å². The molecule has 0 fully saturated rings. The van der Waals surface area contributed by atoms with Gasteiger partial charge in [-0.2, -0.15) is 21.6 Å². The Morgan fingerprint density at radius 3 is 2.55 bits per heavy atom. The van der Waals surface area contributed by atoms with Crippen LogP contribution in [0, 0.1) is 5.41 Å². The Labute approximate surface area is 166 Å². The predicted octanol–water partition coefficient (Wildman–Crippen LogP) is 3.94. The van der Waals surface area contributed by atoms with Crippen LogP contribution in [0.15, 0.2) is 30.7 Å². The average molecular weight is 428 g/mol.